The first-order valence-electron chi connectivity index (χ1n) is 5.95. The number of halogens is 1. The van der Waals surface area contributed by atoms with Gasteiger partial charge in [0.1, 0.15) is 5.82 Å². The van der Waals surface area contributed by atoms with Crippen molar-refractivity contribution in [1.82, 2.24) is 20.0 Å². The molecule has 0 spiro atoms. The third-order valence-electron chi connectivity index (χ3n) is 2.66. The molecule has 0 aliphatic rings. The Morgan fingerprint density at radius 3 is 3.16 bits per heavy atom. The average Bonchev–Trinajstić information content (AvgIpc) is 3.02. The van der Waals surface area contributed by atoms with E-state index in [0.29, 0.717) is 0 Å². The van der Waals surface area contributed by atoms with Crippen molar-refractivity contribution in [3.63, 3.8) is 0 Å². The summed E-state index contributed by atoms with van der Waals surface area (Å²) in [6.07, 6.45) is 4.42. The number of nitrogens with zero attached hydrogens (tertiary/aromatic N) is 4. The van der Waals surface area contributed by atoms with Gasteiger partial charge in [-0.3, -0.25) is 4.68 Å². The van der Waals surface area contributed by atoms with Gasteiger partial charge in [0.05, 0.1) is 16.4 Å². The molecule has 2 heterocycles. The van der Waals surface area contributed by atoms with Crippen LogP contribution in [0.3, 0.4) is 0 Å². The molecular formula is C12H12FN5S. The number of rotatable bonds is 5. The molecule has 2 aromatic heterocycles. The summed E-state index contributed by atoms with van der Waals surface area (Å²) in [5, 5.41) is 11.7. The van der Waals surface area contributed by atoms with Gasteiger partial charge in [-0.25, -0.2) is 9.37 Å². The lowest BCUT2D eigenvalue weighted by atomic mass is 10.3. The SMILES string of the molecule is Fc1ccc2nc(NCCCn3ccnn3)sc2c1. The molecule has 3 rings (SSSR count). The Morgan fingerprint density at radius 1 is 1.37 bits per heavy atom. The highest BCUT2D eigenvalue weighted by Gasteiger charge is 2.04. The largest absolute Gasteiger partial charge is 0.361 e. The Balaban J connectivity index is 1.56. The average molecular weight is 277 g/mol. The summed E-state index contributed by atoms with van der Waals surface area (Å²) in [5.74, 6) is -0.228. The molecule has 0 atom stereocenters. The molecule has 7 heteroatoms. The minimum absolute atomic E-state index is 0.228. The van der Waals surface area contributed by atoms with Crippen LogP contribution in [0.4, 0.5) is 9.52 Å². The van der Waals surface area contributed by atoms with E-state index in [4.69, 9.17) is 0 Å². The Bertz CT molecular complexity index is 664. The maximum Gasteiger partial charge on any atom is 0.183 e. The highest BCUT2D eigenvalue weighted by Crippen LogP contribution is 2.26. The van der Waals surface area contributed by atoms with Crippen LogP contribution < -0.4 is 5.32 Å². The van der Waals surface area contributed by atoms with E-state index in [1.165, 1.54) is 23.5 Å². The van der Waals surface area contributed by atoms with E-state index < -0.39 is 0 Å². The molecule has 0 fully saturated rings. The third-order valence-corrected chi connectivity index (χ3v) is 3.64. The van der Waals surface area contributed by atoms with Gasteiger partial charge in [-0.1, -0.05) is 16.6 Å². The maximum absolute atomic E-state index is 13.1. The Labute approximate surface area is 113 Å². The van der Waals surface area contributed by atoms with Gasteiger partial charge in [0, 0.05) is 19.3 Å². The molecule has 0 saturated carbocycles. The normalized spacial score (nSPS) is 11.0. The van der Waals surface area contributed by atoms with Crippen molar-refractivity contribution in [2.75, 3.05) is 11.9 Å². The fourth-order valence-corrected chi connectivity index (χ4v) is 2.68. The lowest BCUT2D eigenvalue weighted by molar-refractivity contribution is 0.570. The predicted molar refractivity (Wildman–Crippen MR) is 72.7 cm³/mol. The first kappa shape index (κ1) is 12.0. The van der Waals surface area contributed by atoms with Gasteiger partial charge in [0.2, 0.25) is 0 Å². The lowest BCUT2D eigenvalue weighted by Crippen LogP contribution is -2.07. The maximum atomic E-state index is 13.1. The summed E-state index contributed by atoms with van der Waals surface area (Å²) in [5.41, 5.74) is 0.824. The van der Waals surface area contributed by atoms with Crippen LogP contribution in [0.2, 0.25) is 0 Å². The van der Waals surface area contributed by atoms with Crippen LogP contribution in [0.1, 0.15) is 6.42 Å². The van der Waals surface area contributed by atoms with E-state index >= 15 is 0 Å². The highest BCUT2D eigenvalue weighted by molar-refractivity contribution is 7.22. The fourth-order valence-electron chi connectivity index (χ4n) is 1.76. The molecule has 0 radical (unpaired) electrons. The fraction of sp³-hybridized carbons (Fsp3) is 0.250. The van der Waals surface area contributed by atoms with Crippen LogP contribution in [0, 0.1) is 5.82 Å². The second-order valence-corrected chi connectivity index (χ2v) is 5.11. The molecule has 0 saturated heterocycles. The van der Waals surface area contributed by atoms with E-state index in [1.54, 1.807) is 16.9 Å². The van der Waals surface area contributed by atoms with Crippen molar-refractivity contribution in [3.8, 4) is 0 Å². The number of anilines is 1. The molecule has 0 amide bonds. The summed E-state index contributed by atoms with van der Waals surface area (Å²) in [6.45, 7) is 1.61. The van der Waals surface area contributed by atoms with Crippen molar-refractivity contribution >= 4 is 26.7 Å². The molecule has 3 aromatic rings. The second kappa shape index (κ2) is 5.31. The quantitative estimate of drug-likeness (QED) is 0.728. The van der Waals surface area contributed by atoms with Crippen LogP contribution in [0.5, 0.6) is 0 Å². The van der Waals surface area contributed by atoms with E-state index in [-0.39, 0.29) is 5.82 Å². The third kappa shape index (κ3) is 2.87. The van der Waals surface area contributed by atoms with Crippen molar-refractivity contribution in [1.29, 1.82) is 0 Å². The Hall–Kier alpha value is -2.02. The van der Waals surface area contributed by atoms with Crippen molar-refractivity contribution in [2.45, 2.75) is 13.0 Å². The van der Waals surface area contributed by atoms with Crippen LogP contribution in [-0.2, 0) is 6.54 Å². The summed E-state index contributed by atoms with van der Waals surface area (Å²) < 4.78 is 15.7. The number of fused-ring (bicyclic) bond motifs is 1. The summed E-state index contributed by atoms with van der Waals surface area (Å²) in [4.78, 5) is 4.39. The highest BCUT2D eigenvalue weighted by atomic mass is 32.1. The molecule has 0 aliphatic carbocycles. The minimum atomic E-state index is -0.228. The van der Waals surface area contributed by atoms with E-state index in [9.17, 15) is 4.39 Å². The lowest BCUT2D eigenvalue weighted by Gasteiger charge is -2.01. The standard InChI is InChI=1S/C12H12FN5S/c13-9-2-3-10-11(8-9)19-12(16-10)14-4-1-6-18-7-5-15-17-18/h2-3,5,7-8H,1,4,6H2,(H,14,16). The first-order chi connectivity index (χ1) is 9.31. The van der Waals surface area contributed by atoms with Gasteiger partial charge in [0.15, 0.2) is 5.13 Å². The molecule has 1 N–H and O–H groups in total. The van der Waals surface area contributed by atoms with Crippen LogP contribution >= 0.6 is 11.3 Å². The first-order valence-corrected chi connectivity index (χ1v) is 6.77. The van der Waals surface area contributed by atoms with E-state index in [2.05, 4.69) is 20.6 Å². The van der Waals surface area contributed by atoms with Gasteiger partial charge in [0.25, 0.3) is 0 Å². The monoisotopic (exact) mass is 277 g/mol. The Morgan fingerprint density at radius 2 is 2.32 bits per heavy atom. The number of hydrogen-bond acceptors (Lipinski definition) is 5. The number of hydrogen-bond donors (Lipinski definition) is 1. The van der Waals surface area contributed by atoms with Crippen LogP contribution in [-0.4, -0.2) is 26.5 Å². The molecule has 19 heavy (non-hydrogen) atoms. The zero-order valence-electron chi connectivity index (χ0n) is 10.1. The number of aryl methyl sites for hydroxylation is 1. The smallest absolute Gasteiger partial charge is 0.183 e. The Kier molecular flexibility index (Phi) is 3.37. The van der Waals surface area contributed by atoms with Crippen molar-refractivity contribution < 1.29 is 4.39 Å². The van der Waals surface area contributed by atoms with Gasteiger partial charge < -0.3 is 5.32 Å². The topological polar surface area (TPSA) is 55.6 Å². The predicted octanol–water partition coefficient (Wildman–Crippen LogP) is 2.53. The molecule has 98 valence electrons. The summed E-state index contributed by atoms with van der Waals surface area (Å²) in [7, 11) is 0. The minimum Gasteiger partial charge on any atom is -0.361 e. The second-order valence-electron chi connectivity index (χ2n) is 4.08. The van der Waals surface area contributed by atoms with E-state index in [0.717, 1.165) is 34.9 Å². The summed E-state index contributed by atoms with van der Waals surface area (Å²) >= 11 is 1.46. The van der Waals surface area contributed by atoms with Gasteiger partial charge >= 0.3 is 0 Å². The number of thiazole rings is 1. The molecule has 0 aliphatic heterocycles. The van der Waals surface area contributed by atoms with Gasteiger partial charge in [-0.15, -0.1) is 5.10 Å². The van der Waals surface area contributed by atoms with Gasteiger partial charge in [-0.05, 0) is 24.6 Å². The molecule has 1 aromatic carbocycles. The zero-order valence-corrected chi connectivity index (χ0v) is 10.9. The number of aromatic nitrogens is 4. The van der Waals surface area contributed by atoms with Crippen LogP contribution in [0.15, 0.2) is 30.6 Å². The van der Waals surface area contributed by atoms with Crippen LogP contribution in [0.25, 0.3) is 10.2 Å². The molecule has 0 unspecified atom stereocenters. The number of nitrogens with one attached hydrogen (secondary N) is 1. The van der Waals surface area contributed by atoms with Crippen molar-refractivity contribution in [2.24, 2.45) is 0 Å². The molecular weight excluding hydrogens is 265 g/mol. The summed E-state index contributed by atoms with van der Waals surface area (Å²) in [6, 6.07) is 4.63. The molecule has 5 nitrogen and oxygen atoms in total. The number of benzene rings is 1. The van der Waals surface area contributed by atoms with E-state index in [1.807, 2.05) is 6.20 Å². The zero-order chi connectivity index (χ0) is 13.1. The van der Waals surface area contributed by atoms with Crippen molar-refractivity contribution in [3.05, 3.63) is 36.4 Å². The van der Waals surface area contributed by atoms with Gasteiger partial charge in [-0.2, -0.15) is 0 Å². The molecule has 0 bridgehead atoms.